The highest BCUT2D eigenvalue weighted by Gasteiger charge is 2.56. The first-order chi connectivity index (χ1) is 12.2. The molecule has 5 unspecified atom stereocenters. The zero-order valence-corrected chi connectivity index (χ0v) is 17.6. The molecule has 3 N–H and O–H groups in total. The summed E-state index contributed by atoms with van der Waals surface area (Å²) in [7, 11) is 2.12. The number of piperazine rings is 1. The van der Waals surface area contributed by atoms with Crippen molar-refractivity contribution in [2.45, 2.75) is 59.4 Å². The molecule has 5 nitrogen and oxygen atoms in total. The van der Waals surface area contributed by atoms with E-state index in [9.17, 15) is 4.79 Å². The van der Waals surface area contributed by atoms with Gasteiger partial charge in [0.1, 0.15) is 0 Å². The van der Waals surface area contributed by atoms with Gasteiger partial charge in [0.25, 0.3) is 0 Å². The van der Waals surface area contributed by atoms with Crippen LogP contribution in [0.3, 0.4) is 0 Å². The topological polar surface area (TPSA) is 61.6 Å². The molecule has 2 saturated carbocycles. The second-order valence-electron chi connectivity index (χ2n) is 10.2. The van der Waals surface area contributed by atoms with Gasteiger partial charge in [-0.05, 0) is 61.4 Å². The van der Waals surface area contributed by atoms with Crippen LogP contribution in [-0.4, -0.2) is 61.6 Å². The first-order valence-corrected chi connectivity index (χ1v) is 10.6. The van der Waals surface area contributed by atoms with Crippen molar-refractivity contribution in [2.75, 3.05) is 39.8 Å². The third-order valence-corrected chi connectivity index (χ3v) is 8.24. The summed E-state index contributed by atoms with van der Waals surface area (Å²) in [5, 5.41) is 3.42. The highest BCUT2D eigenvalue weighted by molar-refractivity contribution is 5.74. The van der Waals surface area contributed by atoms with Crippen molar-refractivity contribution in [3.8, 4) is 0 Å². The average Bonchev–Trinajstić information content (AvgIpc) is 2.57. The maximum Gasteiger partial charge on any atom is 0.317 e. The van der Waals surface area contributed by atoms with E-state index in [0.29, 0.717) is 28.6 Å². The summed E-state index contributed by atoms with van der Waals surface area (Å²) in [4.78, 5) is 17.2. The van der Waals surface area contributed by atoms with Crippen molar-refractivity contribution in [3.05, 3.63) is 0 Å². The number of carbonyl (C=O) groups is 1. The van der Waals surface area contributed by atoms with Crippen LogP contribution in [-0.2, 0) is 0 Å². The lowest BCUT2D eigenvalue weighted by Gasteiger charge is -2.61. The normalized spacial score (nSPS) is 40.8. The third-order valence-electron chi connectivity index (χ3n) is 8.24. The van der Waals surface area contributed by atoms with Gasteiger partial charge in [0, 0.05) is 32.2 Å². The number of rotatable bonds is 2. The maximum absolute atomic E-state index is 12.9. The van der Waals surface area contributed by atoms with Gasteiger partial charge in [0.05, 0.1) is 0 Å². The van der Waals surface area contributed by atoms with Gasteiger partial charge in [-0.1, -0.05) is 34.1 Å². The predicted molar refractivity (Wildman–Crippen MR) is 107 cm³/mol. The highest BCUT2D eigenvalue weighted by Crippen LogP contribution is 2.60. The van der Waals surface area contributed by atoms with Crippen molar-refractivity contribution >= 4 is 6.03 Å². The summed E-state index contributed by atoms with van der Waals surface area (Å²) in [5.74, 6) is 1.55. The standard InChI is InChI=1S/C21H40N4O/c1-15-16(14-22)21(4)8-6-7-20(2,3)18(21)13-17(15)23-19(26)25-11-9-24(5)10-12-25/h15-18H,6-14,22H2,1-5H3,(H,23,26). The Morgan fingerprint density at radius 2 is 1.81 bits per heavy atom. The number of nitrogens with one attached hydrogen (secondary N) is 1. The van der Waals surface area contributed by atoms with Crippen LogP contribution in [0, 0.1) is 28.6 Å². The largest absolute Gasteiger partial charge is 0.335 e. The Kier molecular flexibility index (Phi) is 5.60. The minimum Gasteiger partial charge on any atom is -0.335 e. The summed E-state index contributed by atoms with van der Waals surface area (Å²) in [6.45, 7) is 14.0. The van der Waals surface area contributed by atoms with Gasteiger partial charge in [0.2, 0.25) is 0 Å². The van der Waals surface area contributed by atoms with E-state index in [1.807, 2.05) is 4.90 Å². The second kappa shape index (κ2) is 7.31. The fourth-order valence-electron chi connectivity index (χ4n) is 6.48. The van der Waals surface area contributed by atoms with Crippen LogP contribution in [0.5, 0.6) is 0 Å². The van der Waals surface area contributed by atoms with Gasteiger partial charge in [-0.15, -0.1) is 0 Å². The fraction of sp³-hybridized carbons (Fsp3) is 0.952. The molecule has 0 aromatic heterocycles. The van der Waals surface area contributed by atoms with E-state index in [2.05, 4.69) is 45.0 Å². The predicted octanol–water partition coefficient (Wildman–Crippen LogP) is 2.76. The smallest absolute Gasteiger partial charge is 0.317 e. The zero-order chi connectivity index (χ0) is 19.1. The van der Waals surface area contributed by atoms with Gasteiger partial charge >= 0.3 is 6.03 Å². The Hall–Kier alpha value is -0.810. The Labute approximate surface area is 160 Å². The fourth-order valence-corrected chi connectivity index (χ4v) is 6.48. The van der Waals surface area contributed by atoms with Gasteiger partial charge in [-0.2, -0.15) is 0 Å². The number of nitrogens with two attached hydrogens (primary N) is 1. The summed E-state index contributed by atoms with van der Waals surface area (Å²) >= 11 is 0. The maximum atomic E-state index is 12.9. The minimum absolute atomic E-state index is 0.128. The number of likely N-dealkylation sites (N-methyl/N-ethyl adjacent to an activating group) is 1. The number of hydrogen-bond donors (Lipinski definition) is 2. The first-order valence-electron chi connectivity index (χ1n) is 10.6. The SMILES string of the molecule is CC1C(NC(=O)N2CCN(C)CC2)CC2C(C)(C)CCCC2(C)C1CN. The van der Waals surface area contributed by atoms with E-state index in [0.717, 1.165) is 39.1 Å². The summed E-state index contributed by atoms with van der Waals surface area (Å²) in [6, 6.07) is 0.370. The second-order valence-corrected chi connectivity index (χ2v) is 10.2. The zero-order valence-electron chi connectivity index (χ0n) is 17.6. The molecule has 1 saturated heterocycles. The molecule has 26 heavy (non-hydrogen) atoms. The first kappa shape index (κ1) is 19.9. The van der Waals surface area contributed by atoms with E-state index in [1.54, 1.807) is 0 Å². The molecular formula is C21H40N4O. The van der Waals surface area contributed by atoms with Crippen molar-refractivity contribution in [3.63, 3.8) is 0 Å². The molecule has 1 heterocycles. The molecule has 3 fully saturated rings. The summed E-state index contributed by atoms with van der Waals surface area (Å²) < 4.78 is 0. The highest BCUT2D eigenvalue weighted by atomic mass is 16.2. The Balaban J connectivity index is 1.75. The molecule has 0 bridgehead atoms. The molecule has 5 atom stereocenters. The Morgan fingerprint density at radius 3 is 2.42 bits per heavy atom. The van der Waals surface area contributed by atoms with E-state index < -0.39 is 0 Å². The number of fused-ring (bicyclic) bond motifs is 1. The quantitative estimate of drug-likeness (QED) is 0.792. The van der Waals surface area contributed by atoms with Crippen LogP contribution in [0.2, 0.25) is 0 Å². The third kappa shape index (κ3) is 3.49. The lowest BCUT2D eigenvalue weighted by Crippen LogP contribution is -2.62. The lowest BCUT2D eigenvalue weighted by atomic mass is 9.46. The molecule has 3 rings (SSSR count). The molecule has 0 aromatic carbocycles. The molecule has 0 aromatic rings. The van der Waals surface area contributed by atoms with Crippen molar-refractivity contribution in [2.24, 2.45) is 34.3 Å². The van der Waals surface area contributed by atoms with Crippen LogP contribution in [0.25, 0.3) is 0 Å². The number of hydrogen-bond acceptors (Lipinski definition) is 3. The van der Waals surface area contributed by atoms with Gasteiger partial charge < -0.3 is 20.9 Å². The monoisotopic (exact) mass is 364 g/mol. The van der Waals surface area contributed by atoms with E-state index in [-0.39, 0.29) is 12.1 Å². The lowest BCUT2D eigenvalue weighted by molar-refractivity contribution is -0.101. The Morgan fingerprint density at radius 1 is 1.15 bits per heavy atom. The van der Waals surface area contributed by atoms with Crippen LogP contribution < -0.4 is 11.1 Å². The van der Waals surface area contributed by atoms with Crippen molar-refractivity contribution in [1.82, 2.24) is 15.1 Å². The number of nitrogens with zero attached hydrogens (tertiary/aromatic N) is 2. The molecule has 2 amide bonds. The average molecular weight is 365 g/mol. The number of amides is 2. The van der Waals surface area contributed by atoms with Crippen molar-refractivity contribution < 1.29 is 4.79 Å². The summed E-state index contributed by atoms with van der Waals surface area (Å²) in [6.07, 6.45) is 4.98. The van der Waals surface area contributed by atoms with Crippen LogP contribution in [0.4, 0.5) is 4.79 Å². The molecule has 0 spiro atoms. The van der Waals surface area contributed by atoms with E-state index >= 15 is 0 Å². The molecule has 5 heteroatoms. The molecule has 1 aliphatic heterocycles. The number of carbonyl (C=O) groups excluding carboxylic acids is 1. The van der Waals surface area contributed by atoms with Crippen LogP contribution in [0.1, 0.15) is 53.4 Å². The molecule has 0 radical (unpaired) electrons. The minimum atomic E-state index is 0.128. The van der Waals surface area contributed by atoms with E-state index in [4.69, 9.17) is 5.73 Å². The molecular weight excluding hydrogens is 324 g/mol. The van der Waals surface area contributed by atoms with Crippen molar-refractivity contribution in [1.29, 1.82) is 0 Å². The molecule has 150 valence electrons. The van der Waals surface area contributed by atoms with Gasteiger partial charge in [0.15, 0.2) is 0 Å². The summed E-state index contributed by atoms with van der Waals surface area (Å²) in [5.41, 5.74) is 6.94. The van der Waals surface area contributed by atoms with Crippen LogP contribution in [0.15, 0.2) is 0 Å². The van der Waals surface area contributed by atoms with Gasteiger partial charge in [-0.25, -0.2) is 4.79 Å². The molecule has 2 aliphatic carbocycles. The molecule has 3 aliphatic rings. The Bertz CT molecular complexity index is 514. The van der Waals surface area contributed by atoms with E-state index in [1.165, 1.54) is 19.3 Å². The van der Waals surface area contributed by atoms with Gasteiger partial charge in [-0.3, -0.25) is 0 Å². The number of urea groups is 1. The van der Waals surface area contributed by atoms with Crippen LogP contribution >= 0.6 is 0 Å².